The summed E-state index contributed by atoms with van der Waals surface area (Å²) in [5, 5.41) is 10.1. The van der Waals surface area contributed by atoms with E-state index in [1.807, 2.05) is 0 Å². The first-order valence-corrected chi connectivity index (χ1v) is 7.45. The van der Waals surface area contributed by atoms with Crippen molar-refractivity contribution in [2.45, 2.75) is 18.1 Å². The van der Waals surface area contributed by atoms with Crippen LogP contribution in [0.3, 0.4) is 0 Å². The second kappa shape index (κ2) is 4.19. The van der Waals surface area contributed by atoms with Gasteiger partial charge in [0.25, 0.3) is 0 Å². The highest BCUT2D eigenvalue weighted by Gasteiger charge is 2.72. The van der Waals surface area contributed by atoms with Gasteiger partial charge in [-0.15, -0.1) is 0 Å². The lowest BCUT2D eigenvalue weighted by molar-refractivity contribution is -0.131. The van der Waals surface area contributed by atoms with Crippen molar-refractivity contribution in [1.29, 1.82) is 0 Å². The van der Waals surface area contributed by atoms with Crippen LogP contribution in [-0.2, 0) is 14.3 Å². The number of halogens is 1. The van der Waals surface area contributed by atoms with Gasteiger partial charge in [0.05, 0.1) is 34.8 Å². The summed E-state index contributed by atoms with van der Waals surface area (Å²) in [4.78, 5) is 26.9. The maximum Gasteiger partial charge on any atom is 0.241 e. The Kier molecular flexibility index (Phi) is 2.65. The molecule has 3 aliphatic heterocycles. The number of benzene rings is 1. The van der Waals surface area contributed by atoms with Crippen LogP contribution in [0.25, 0.3) is 0 Å². The minimum Gasteiger partial charge on any atom is -0.393 e. The third-order valence-electron chi connectivity index (χ3n) is 4.90. The number of rotatable bonds is 2. The largest absolute Gasteiger partial charge is 0.393 e. The number of nitrogens with zero attached hydrogens (tertiary/aromatic N) is 1. The Morgan fingerprint density at radius 1 is 1.23 bits per heavy atom. The van der Waals surface area contributed by atoms with Gasteiger partial charge >= 0.3 is 0 Å². The molecule has 1 aromatic carbocycles. The smallest absolute Gasteiger partial charge is 0.241 e. The molecule has 3 heterocycles. The fourth-order valence-corrected chi connectivity index (χ4v) is 4.13. The first-order chi connectivity index (χ1) is 10.4. The molecule has 4 rings (SSSR count). The van der Waals surface area contributed by atoms with Crippen molar-refractivity contribution in [1.82, 2.24) is 0 Å². The maximum atomic E-state index is 12.9. The van der Waals surface area contributed by atoms with Crippen LogP contribution in [0.1, 0.15) is 6.92 Å². The lowest BCUT2D eigenvalue weighted by Gasteiger charge is -2.27. The summed E-state index contributed by atoms with van der Waals surface area (Å²) in [7, 11) is 0. The van der Waals surface area contributed by atoms with Crippen LogP contribution in [0.2, 0.25) is 5.02 Å². The van der Waals surface area contributed by atoms with Gasteiger partial charge in [-0.3, -0.25) is 9.59 Å². The van der Waals surface area contributed by atoms with Crippen molar-refractivity contribution in [3.05, 3.63) is 41.4 Å². The highest BCUT2D eigenvalue weighted by Crippen LogP contribution is 2.57. The fourth-order valence-electron chi connectivity index (χ4n) is 3.91. The van der Waals surface area contributed by atoms with E-state index in [1.54, 1.807) is 43.3 Å². The molecule has 0 spiro atoms. The fraction of sp³-hybridized carbons (Fsp3) is 0.375. The number of fused-ring (bicyclic) bond motifs is 5. The summed E-state index contributed by atoms with van der Waals surface area (Å²) in [5.41, 5.74) is -1.59. The van der Waals surface area contributed by atoms with E-state index in [1.165, 1.54) is 0 Å². The quantitative estimate of drug-likeness (QED) is 0.663. The third kappa shape index (κ3) is 1.46. The van der Waals surface area contributed by atoms with Crippen LogP contribution in [-0.4, -0.2) is 34.7 Å². The predicted octanol–water partition coefficient (Wildman–Crippen LogP) is 1.54. The van der Waals surface area contributed by atoms with Crippen molar-refractivity contribution < 1.29 is 19.4 Å². The number of anilines is 1. The minimum absolute atomic E-state index is 0.328. The van der Waals surface area contributed by atoms with E-state index in [-0.39, 0.29) is 18.4 Å². The number of amides is 2. The van der Waals surface area contributed by atoms with Gasteiger partial charge in [0, 0.05) is 0 Å². The van der Waals surface area contributed by atoms with E-state index in [2.05, 4.69) is 0 Å². The lowest BCUT2D eigenvalue weighted by atomic mass is 9.73. The van der Waals surface area contributed by atoms with Crippen LogP contribution in [0.4, 0.5) is 5.69 Å². The molecule has 0 saturated carbocycles. The zero-order valence-electron chi connectivity index (χ0n) is 11.8. The molecular weight excluding hydrogens is 306 g/mol. The van der Waals surface area contributed by atoms with Gasteiger partial charge in [0.15, 0.2) is 0 Å². The number of aliphatic hydroxyl groups excluding tert-OH is 1. The highest BCUT2D eigenvalue weighted by atomic mass is 35.5. The number of para-hydroxylation sites is 1. The second-order valence-corrected chi connectivity index (χ2v) is 6.56. The molecule has 114 valence electrons. The van der Waals surface area contributed by atoms with Crippen molar-refractivity contribution in [3.63, 3.8) is 0 Å². The summed E-state index contributed by atoms with van der Waals surface area (Å²) >= 11 is 6.14. The lowest BCUT2D eigenvalue weighted by Crippen LogP contribution is -2.43. The normalized spacial score (nSPS) is 39.0. The average Bonchev–Trinajstić information content (AvgIpc) is 3.07. The number of hydrogen-bond acceptors (Lipinski definition) is 4. The van der Waals surface area contributed by atoms with E-state index < -0.39 is 23.0 Å². The van der Waals surface area contributed by atoms with Gasteiger partial charge in [-0.1, -0.05) is 35.9 Å². The van der Waals surface area contributed by atoms with Crippen molar-refractivity contribution >= 4 is 29.1 Å². The van der Waals surface area contributed by atoms with Crippen molar-refractivity contribution in [3.8, 4) is 0 Å². The van der Waals surface area contributed by atoms with Gasteiger partial charge in [0.2, 0.25) is 11.8 Å². The Bertz CT molecular complexity index is 733. The number of carbonyl (C=O) groups is 2. The first-order valence-electron chi connectivity index (χ1n) is 7.07. The molecular formula is C16H14ClNO4. The molecule has 2 bridgehead atoms. The molecule has 0 aromatic heterocycles. The monoisotopic (exact) mass is 319 g/mol. The van der Waals surface area contributed by atoms with E-state index in [0.717, 1.165) is 4.90 Å². The van der Waals surface area contributed by atoms with Crippen LogP contribution in [0.5, 0.6) is 0 Å². The summed E-state index contributed by atoms with van der Waals surface area (Å²) in [6.45, 7) is 1.43. The average molecular weight is 320 g/mol. The van der Waals surface area contributed by atoms with E-state index in [9.17, 15) is 14.7 Å². The molecule has 5 nitrogen and oxygen atoms in total. The Hall–Kier alpha value is -1.69. The molecule has 2 saturated heterocycles. The minimum atomic E-state index is -1.11. The first kappa shape index (κ1) is 13.9. The summed E-state index contributed by atoms with van der Waals surface area (Å²) in [6, 6.07) is 6.74. The van der Waals surface area contributed by atoms with Gasteiger partial charge in [-0.05, 0) is 19.1 Å². The van der Waals surface area contributed by atoms with Crippen LogP contribution < -0.4 is 4.90 Å². The SMILES string of the molecule is CC12C=CC(CO)(O1)C1C(=O)N(c3ccccc3Cl)C(=O)C12. The molecule has 4 atom stereocenters. The molecule has 6 heteroatoms. The van der Waals surface area contributed by atoms with Crippen LogP contribution in [0, 0.1) is 11.8 Å². The molecule has 4 unspecified atom stereocenters. The Labute approximate surface area is 132 Å². The zero-order chi connectivity index (χ0) is 15.7. The number of ether oxygens (including phenoxy) is 1. The Balaban J connectivity index is 1.84. The topological polar surface area (TPSA) is 66.8 Å². The van der Waals surface area contributed by atoms with Gasteiger partial charge in [-0.25, -0.2) is 4.90 Å². The van der Waals surface area contributed by atoms with Gasteiger partial charge in [0.1, 0.15) is 5.60 Å². The van der Waals surface area contributed by atoms with Gasteiger partial charge in [-0.2, -0.15) is 0 Å². The summed E-state index contributed by atoms with van der Waals surface area (Å²) in [6.07, 6.45) is 3.47. The van der Waals surface area contributed by atoms with E-state index in [0.29, 0.717) is 10.7 Å². The molecule has 0 radical (unpaired) electrons. The van der Waals surface area contributed by atoms with Crippen LogP contribution >= 0.6 is 11.6 Å². The summed E-state index contributed by atoms with van der Waals surface area (Å²) in [5.74, 6) is -2.04. The number of imide groups is 1. The van der Waals surface area contributed by atoms with Crippen molar-refractivity contribution in [2.75, 3.05) is 11.5 Å². The number of hydrogen-bond donors (Lipinski definition) is 1. The van der Waals surface area contributed by atoms with E-state index >= 15 is 0 Å². The molecule has 3 aliphatic rings. The molecule has 0 aliphatic carbocycles. The molecule has 2 amide bonds. The van der Waals surface area contributed by atoms with E-state index in [4.69, 9.17) is 16.3 Å². The predicted molar refractivity (Wildman–Crippen MR) is 79.4 cm³/mol. The maximum absolute atomic E-state index is 12.9. The number of carbonyl (C=O) groups excluding carboxylic acids is 2. The Morgan fingerprint density at radius 2 is 1.91 bits per heavy atom. The summed E-state index contributed by atoms with van der Waals surface area (Å²) < 4.78 is 5.86. The number of aliphatic hydroxyl groups is 1. The van der Waals surface area contributed by atoms with Crippen LogP contribution in [0.15, 0.2) is 36.4 Å². The highest BCUT2D eigenvalue weighted by molar-refractivity contribution is 6.36. The molecule has 1 N–H and O–H groups in total. The molecule has 22 heavy (non-hydrogen) atoms. The van der Waals surface area contributed by atoms with Gasteiger partial charge < -0.3 is 9.84 Å². The Morgan fingerprint density at radius 3 is 2.59 bits per heavy atom. The third-order valence-corrected chi connectivity index (χ3v) is 5.22. The second-order valence-electron chi connectivity index (χ2n) is 6.15. The molecule has 1 aromatic rings. The van der Waals surface area contributed by atoms with Crippen molar-refractivity contribution in [2.24, 2.45) is 11.8 Å². The zero-order valence-corrected chi connectivity index (χ0v) is 12.6. The standard InChI is InChI=1S/C16H14ClNO4/c1-15-6-7-16(8-19,22-15)12-11(15)13(20)18(14(12)21)10-5-3-2-4-9(10)17/h2-7,11-12,19H,8H2,1H3. The molecule has 2 fully saturated rings.